The fourth-order valence-electron chi connectivity index (χ4n) is 4.38. The van der Waals surface area contributed by atoms with E-state index in [2.05, 4.69) is 9.88 Å². The van der Waals surface area contributed by atoms with E-state index in [9.17, 15) is 4.79 Å². The Bertz CT molecular complexity index is 596. The predicted octanol–water partition coefficient (Wildman–Crippen LogP) is 1.35. The van der Waals surface area contributed by atoms with E-state index in [0.29, 0.717) is 25.5 Å². The minimum Gasteiger partial charge on any atom is -0.381 e. The number of hydrogen-bond donors (Lipinski definition) is 0. The molecule has 6 nitrogen and oxygen atoms in total. The maximum absolute atomic E-state index is 12.7. The number of aromatic nitrogens is 1. The molecule has 6 heteroatoms. The highest BCUT2D eigenvalue weighted by Crippen LogP contribution is 2.31. The Labute approximate surface area is 155 Å². The molecule has 0 unspecified atom stereocenters. The molecule has 1 amide bonds. The third kappa shape index (κ3) is 4.24. The van der Waals surface area contributed by atoms with Gasteiger partial charge in [0, 0.05) is 51.7 Å². The Balaban J connectivity index is 1.30. The van der Waals surface area contributed by atoms with Crippen LogP contribution < -0.4 is 0 Å². The van der Waals surface area contributed by atoms with Gasteiger partial charge in [-0.25, -0.2) is 0 Å². The van der Waals surface area contributed by atoms with Gasteiger partial charge >= 0.3 is 0 Å². The lowest BCUT2D eigenvalue weighted by atomic mass is 9.88. The molecular formula is C20H29N3O3. The molecule has 0 bridgehead atoms. The maximum atomic E-state index is 12.7. The summed E-state index contributed by atoms with van der Waals surface area (Å²) in [6.45, 7) is 7.15. The number of carbonyl (C=O) groups is 1. The van der Waals surface area contributed by atoms with Crippen LogP contribution in [-0.4, -0.2) is 78.8 Å². The highest BCUT2D eigenvalue weighted by molar-refractivity contribution is 5.78. The highest BCUT2D eigenvalue weighted by Gasteiger charge is 2.41. The van der Waals surface area contributed by atoms with Crippen molar-refractivity contribution in [1.82, 2.24) is 14.8 Å². The van der Waals surface area contributed by atoms with Crippen LogP contribution >= 0.6 is 0 Å². The van der Waals surface area contributed by atoms with Crippen LogP contribution in [-0.2, 0) is 20.7 Å². The summed E-state index contributed by atoms with van der Waals surface area (Å²) in [6, 6.07) is 3.85. The molecule has 142 valence electrons. The number of rotatable bonds is 4. The average Bonchev–Trinajstić information content (AvgIpc) is 3.18. The summed E-state index contributed by atoms with van der Waals surface area (Å²) in [5, 5.41) is 0. The first-order valence-electron chi connectivity index (χ1n) is 9.83. The van der Waals surface area contributed by atoms with E-state index in [1.165, 1.54) is 6.42 Å². The van der Waals surface area contributed by atoms with Crippen LogP contribution in [0.25, 0.3) is 0 Å². The van der Waals surface area contributed by atoms with Gasteiger partial charge in [0.25, 0.3) is 0 Å². The van der Waals surface area contributed by atoms with Gasteiger partial charge in [-0.3, -0.25) is 9.78 Å². The standard InChI is InChI=1S/C20H29N3O3/c24-19(12-17-2-1-6-21-13-17)23-9-11-26-20(16-23)4-7-22(8-5-20)14-18-3-10-25-15-18/h1-2,6,13,18H,3-5,7-12,14-16H2/t18-/m1/s1. The highest BCUT2D eigenvalue weighted by atomic mass is 16.5. The normalized spacial score (nSPS) is 26.3. The quantitative estimate of drug-likeness (QED) is 0.812. The van der Waals surface area contributed by atoms with E-state index in [0.717, 1.165) is 57.8 Å². The van der Waals surface area contributed by atoms with Crippen molar-refractivity contribution in [2.75, 3.05) is 52.5 Å². The Morgan fingerprint density at radius 1 is 1.27 bits per heavy atom. The first-order chi connectivity index (χ1) is 12.7. The van der Waals surface area contributed by atoms with Crippen molar-refractivity contribution in [1.29, 1.82) is 0 Å². The number of nitrogens with zero attached hydrogens (tertiary/aromatic N) is 3. The second kappa shape index (κ2) is 8.03. The summed E-state index contributed by atoms with van der Waals surface area (Å²) in [5.74, 6) is 0.875. The van der Waals surface area contributed by atoms with E-state index >= 15 is 0 Å². The average molecular weight is 359 g/mol. The Morgan fingerprint density at radius 2 is 2.15 bits per heavy atom. The van der Waals surface area contributed by atoms with Crippen molar-refractivity contribution in [2.45, 2.75) is 31.3 Å². The largest absolute Gasteiger partial charge is 0.381 e. The molecule has 0 aliphatic carbocycles. The molecule has 3 fully saturated rings. The van der Waals surface area contributed by atoms with Gasteiger partial charge in [0.15, 0.2) is 0 Å². The smallest absolute Gasteiger partial charge is 0.227 e. The third-order valence-corrected chi connectivity index (χ3v) is 5.99. The summed E-state index contributed by atoms with van der Waals surface area (Å²) in [6.07, 6.45) is 7.16. The van der Waals surface area contributed by atoms with E-state index in [4.69, 9.17) is 9.47 Å². The van der Waals surface area contributed by atoms with Crippen LogP contribution in [0.3, 0.4) is 0 Å². The summed E-state index contributed by atoms with van der Waals surface area (Å²) in [4.78, 5) is 21.4. The van der Waals surface area contributed by atoms with Gasteiger partial charge in [-0.2, -0.15) is 0 Å². The first kappa shape index (κ1) is 17.9. The number of morpholine rings is 1. The molecule has 1 aromatic rings. The van der Waals surface area contributed by atoms with Crippen LogP contribution in [0.2, 0.25) is 0 Å². The van der Waals surface area contributed by atoms with E-state index in [1.54, 1.807) is 12.4 Å². The van der Waals surface area contributed by atoms with Crippen molar-refractivity contribution < 1.29 is 14.3 Å². The minimum atomic E-state index is -0.147. The Kier molecular flexibility index (Phi) is 5.52. The van der Waals surface area contributed by atoms with Gasteiger partial charge < -0.3 is 19.3 Å². The van der Waals surface area contributed by atoms with E-state index < -0.39 is 0 Å². The number of hydrogen-bond acceptors (Lipinski definition) is 5. The lowest BCUT2D eigenvalue weighted by Gasteiger charge is -2.47. The van der Waals surface area contributed by atoms with Gasteiger partial charge in [0.2, 0.25) is 5.91 Å². The minimum absolute atomic E-state index is 0.147. The van der Waals surface area contributed by atoms with Gasteiger partial charge in [-0.05, 0) is 36.8 Å². The summed E-state index contributed by atoms with van der Waals surface area (Å²) < 4.78 is 11.7. The van der Waals surface area contributed by atoms with Crippen molar-refractivity contribution in [3.05, 3.63) is 30.1 Å². The molecule has 0 saturated carbocycles. The number of carbonyl (C=O) groups excluding carboxylic acids is 1. The Hall–Kier alpha value is -1.50. The lowest BCUT2D eigenvalue weighted by molar-refractivity contribution is -0.159. The van der Waals surface area contributed by atoms with Crippen LogP contribution in [0.15, 0.2) is 24.5 Å². The number of likely N-dealkylation sites (tertiary alicyclic amines) is 1. The van der Waals surface area contributed by atoms with Crippen LogP contribution in [0.5, 0.6) is 0 Å². The van der Waals surface area contributed by atoms with Crippen molar-refractivity contribution in [3.8, 4) is 0 Å². The number of ether oxygens (including phenoxy) is 2. The molecular weight excluding hydrogens is 330 g/mol. The SMILES string of the molecule is O=C(Cc1cccnc1)N1CCOC2(CCN(C[C@H]3CCOC3)CC2)C1. The van der Waals surface area contributed by atoms with E-state index in [1.807, 2.05) is 17.0 Å². The molecule has 4 rings (SSSR count). The fourth-order valence-corrected chi connectivity index (χ4v) is 4.38. The molecule has 1 aromatic heterocycles. The lowest BCUT2D eigenvalue weighted by Crippen LogP contribution is -2.58. The molecule has 4 heterocycles. The molecule has 0 N–H and O–H groups in total. The van der Waals surface area contributed by atoms with Gasteiger partial charge in [0.05, 0.1) is 25.2 Å². The van der Waals surface area contributed by atoms with Crippen LogP contribution in [0.4, 0.5) is 0 Å². The first-order valence-corrected chi connectivity index (χ1v) is 9.83. The zero-order valence-corrected chi connectivity index (χ0v) is 15.4. The molecule has 0 radical (unpaired) electrons. The molecule has 0 aromatic carbocycles. The fraction of sp³-hybridized carbons (Fsp3) is 0.700. The van der Waals surface area contributed by atoms with Gasteiger partial charge in [-0.1, -0.05) is 6.07 Å². The summed E-state index contributed by atoms with van der Waals surface area (Å²) >= 11 is 0. The molecule has 3 aliphatic heterocycles. The number of pyridine rings is 1. The third-order valence-electron chi connectivity index (χ3n) is 5.99. The van der Waals surface area contributed by atoms with Crippen molar-refractivity contribution >= 4 is 5.91 Å². The molecule has 3 saturated heterocycles. The molecule has 3 aliphatic rings. The van der Waals surface area contributed by atoms with E-state index in [-0.39, 0.29) is 11.5 Å². The monoisotopic (exact) mass is 359 g/mol. The van der Waals surface area contributed by atoms with Gasteiger partial charge in [0.1, 0.15) is 0 Å². The van der Waals surface area contributed by atoms with Gasteiger partial charge in [-0.15, -0.1) is 0 Å². The Morgan fingerprint density at radius 3 is 2.88 bits per heavy atom. The van der Waals surface area contributed by atoms with Crippen LogP contribution in [0.1, 0.15) is 24.8 Å². The summed E-state index contributed by atoms with van der Waals surface area (Å²) in [5.41, 5.74) is 0.831. The zero-order valence-electron chi connectivity index (χ0n) is 15.4. The van der Waals surface area contributed by atoms with Crippen molar-refractivity contribution in [2.24, 2.45) is 5.92 Å². The molecule has 1 atom stereocenters. The topological polar surface area (TPSA) is 54.9 Å². The molecule has 1 spiro atoms. The zero-order chi connectivity index (χ0) is 17.8. The second-order valence-electron chi connectivity index (χ2n) is 7.92. The second-order valence-corrected chi connectivity index (χ2v) is 7.92. The molecule has 26 heavy (non-hydrogen) atoms. The predicted molar refractivity (Wildman–Crippen MR) is 97.8 cm³/mol. The number of amides is 1. The van der Waals surface area contributed by atoms with Crippen molar-refractivity contribution in [3.63, 3.8) is 0 Å². The summed E-state index contributed by atoms with van der Waals surface area (Å²) in [7, 11) is 0. The van der Waals surface area contributed by atoms with Crippen LogP contribution in [0, 0.1) is 5.92 Å². The maximum Gasteiger partial charge on any atom is 0.227 e. The number of piperidine rings is 1.